The molecule has 3 heterocycles. The van der Waals surface area contributed by atoms with E-state index in [9.17, 15) is 9.59 Å². The molecule has 2 aliphatic rings. The number of aromatic amines is 1. The van der Waals surface area contributed by atoms with Gasteiger partial charge < -0.3 is 25.0 Å². The van der Waals surface area contributed by atoms with Crippen molar-refractivity contribution >= 4 is 11.7 Å². The number of nitrogens with zero attached hydrogens (tertiary/aromatic N) is 3. The number of likely N-dealkylation sites (N-methyl/N-ethyl adjacent to an activating group) is 1. The van der Waals surface area contributed by atoms with E-state index in [1.54, 1.807) is 18.3 Å². The van der Waals surface area contributed by atoms with Crippen LogP contribution >= 0.6 is 0 Å². The van der Waals surface area contributed by atoms with Crippen LogP contribution in [0.5, 0.6) is 0 Å². The van der Waals surface area contributed by atoms with Crippen LogP contribution in [-0.4, -0.2) is 78.1 Å². The van der Waals surface area contributed by atoms with E-state index in [4.69, 9.17) is 0 Å². The minimum absolute atomic E-state index is 0.153. The summed E-state index contributed by atoms with van der Waals surface area (Å²) in [6, 6.07) is 3.47. The SMILES string of the molecule is CN1CCN(CC[C@H]2CCCCN2C(=O)Nc2ccc[nH]c2=O)CC1. The number of hydrogen-bond donors (Lipinski definition) is 2. The molecule has 0 unspecified atom stereocenters. The van der Waals surface area contributed by atoms with Crippen LogP contribution in [0.15, 0.2) is 23.1 Å². The molecule has 7 nitrogen and oxygen atoms in total. The number of carbonyl (C=O) groups is 1. The van der Waals surface area contributed by atoms with Crippen molar-refractivity contribution in [2.24, 2.45) is 0 Å². The molecule has 0 saturated carbocycles. The number of aromatic nitrogens is 1. The smallest absolute Gasteiger partial charge is 0.322 e. The molecule has 0 bridgehead atoms. The van der Waals surface area contributed by atoms with Crippen LogP contribution in [0.3, 0.4) is 0 Å². The highest BCUT2D eigenvalue weighted by Gasteiger charge is 2.27. The lowest BCUT2D eigenvalue weighted by Gasteiger charge is -2.38. The molecule has 2 N–H and O–H groups in total. The molecule has 7 heteroatoms. The minimum atomic E-state index is -0.262. The summed E-state index contributed by atoms with van der Waals surface area (Å²) >= 11 is 0. The fourth-order valence-electron chi connectivity index (χ4n) is 3.68. The molecule has 1 atom stereocenters. The van der Waals surface area contributed by atoms with Crippen molar-refractivity contribution in [3.05, 3.63) is 28.7 Å². The van der Waals surface area contributed by atoms with Gasteiger partial charge in [-0.05, 0) is 44.9 Å². The van der Waals surface area contributed by atoms with Crippen molar-refractivity contribution in [3.8, 4) is 0 Å². The maximum Gasteiger partial charge on any atom is 0.322 e. The van der Waals surface area contributed by atoms with Crippen molar-refractivity contribution < 1.29 is 4.79 Å². The maximum atomic E-state index is 12.7. The van der Waals surface area contributed by atoms with Crippen molar-refractivity contribution in [1.82, 2.24) is 19.7 Å². The highest BCUT2D eigenvalue weighted by molar-refractivity contribution is 5.89. The summed E-state index contributed by atoms with van der Waals surface area (Å²) in [7, 11) is 2.16. The second-order valence-electron chi connectivity index (χ2n) is 7.12. The number of H-pyrrole nitrogens is 1. The molecule has 0 aromatic carbocycles. The molecule has 3 rings (SSSR count). The first kappa shape index (κ1) is 17.9. The van der Waals surface area contributed by atoms with E-state index in [-0.39, 0.29) is 17.6 Å². The molecule has 1 aromatic rings. The number of piperazine rings is 1. The average Bonchev–Trinajstić information content (AvgIpc) is 2.63. The van der Waals surface area contributed by atoms with Gasteiger partial charge in [0.05, 0.1) is 0 Å². The first-order valence-corrected chi connectivity index (χ1v) is 9.30. The molecule has 1 aromatic heterocycles. The van der Waals surface area contributed by atoms with Gasteiger partial charge in [-0.3, -0.25) is 4.79 Å². The third-order valence-electron chi connectivity index (χ3n) is 5.32. The number of piperidine rings is 1. The third-order valence-corrected chi connectivity index (χ3v) is 5.32. The van der Waals surface area contributed by atoms with E-state index >= 15 is 0 Å². The zero-order chi connectivity index (χ0) is 17.6. The van der Waals surface area contributed by atoms with E-state index in [2.05, 4.69) is 27.1 Å². The first-order valence-electron chi connectivity index (χ1n) is 9.30. The lowest BCUT2D eigenvalue weighted by atomic mass is 9.99. The number of rotatable bonds is 4. The van der Waals surface area contributed by atoms with Crippen LogP contribution in [0.1, 0.15) is 25.7 Å². The Bertz CT molecular complexity index is 624. The summed E-state index contributed by atoms with van der Waals surface area (Å²) < 4.78 is 0. The summed E-state index contributed by atoms with van der Waals surface area (Å²) in [5, 5.41) is 2.78. The highest BCUT2D eigenvalue weighted by Crippen LogP contribution is 2.21. The Morgan fingerprint density at radius 2 is 2.04 bits per heavy atom. The predicted molar refractivity (Wildman–Crippen MR) is 99.0 cm³/mol. The Morgan fingerprint density at radius 1 is 1.24 bits per heavy atom. The molecule has 2 fully saturated rings. The Labute approximate surface area is 149 Å². The van der Waals surface area contributed by atoms with Crippen molar-refractivity contribution in [2.75, 3.05) is 51.6 Å². The molecule has 0 spiro atoms. The Hall–Kier alpha value is -1.86. The normalized spacial score (nSPS) is 22.8. The van der Waals surface area contributed by atoms with Gasteiger partial charge in [-0.2, -0.15) is 0 Å². The van der Waals surface area contributed by atoms with E-state index in [1.165, 1.54) is 6.42 Å². The standard InChI is InChI=1S/C18H29N5O2/c1-21-11-13-22(14-12-21)10-7-15-5-2-3-9-23(15)18(25)20-16-6-4-8-19-17(16)24/h4,6,8,15H,2-3,5,7,9-14H2,1H3,(H,19,24)(H,20,25)/t15-/m1/s1. The van der Waals surface area contributed by atoms with Crippen LogP contribution in [0, 0.1) is 0 Å². The number of nitrogens with one attached hydrogen (secondary N) is 2. The van der Waals surface area contributed by atoms with Crippen molar-refractivity contribution in [2.45, 2.75) is 31.7 Å². The summed E-state index contributed by atoms with van der Waals surface area (Å²) in [5.74, 6) is 0. The zero-order valence-electron chi connectivity index (χ0n) is 15.0. The van der Waals surface area contributed by atoms with Gasteiger partial charge >= 0.3 is 6.03 Å². The lowest BCUT2D eigenvalue weighted by molar-refractivity contribution is 0.122. The van der Waals surface area contributed by atoms with Crippen LogP contribution < -0.4 is 10.9 Å². The zero-order valence-corrected chi connectivity index (χ0v) is 15.0. The van der Waals surface area contributed by atoms with Crippen LogP contribution in [0.25, 0.3) is 0 Å². The van der Waals surface area contributed by atoms with Crippen molar-refractivity contribution in [3.63, 3.8) is 0 Å². The van der Waals surface area contributed by atoms with Crippen LogP contribution in [0.2, 0.25) is 0 Å². The lowest BCUT2D eigenvalue weighted by Crippen LogP contribution is -2.49. The van der Waals surface area contributed by atoms with Gasteiger partial charge in [0, 0.05) is 51.5 Å². The summed E-state index contributed by atoms with van der Waals surface area (Å²) in [5.41, 5.74) is 0.0535. The molecular formula is C18H29N5O2. The fourth-order valence-corrected chi connectivity index (χ4v) is 3.68. The minimum Gasteiger partial charge on any atom is -0.327 e. The van der Waals surface area contributed by atoms with Gasteiger partial charge in [-0.25, -0.2) is 4.79 Å². The third kappa shape index (κ3) is 4.83. The summed E-state index contributed by atoms with van der Waals surface area (Å²) in [6.07, 6.45) is 5.82. The number of pyridine rings is 1. The number of urea groups is 1. The Balaban J connectivity index is 1.56. The van der Waals surface area contributed by atoms with Crippen LogP contribution in [-0.2, 0) is 0 Å². The van der Waals surface area contributed by atoms with Gasteiger partial charge in [0.15, 0.2) is 0 Å². The van der Waals surface area contributed by atoms with Gasteiger partial charge in [0.25, 0.3) is 5.56 Å². The summed E-state index contributed by atoms with van der Waals surface area (Å²) in [4.78, 5) is 33.8. The average molecular weight is 347 g/mol. The maximum absolute atomic E-state index is 12.7. The number of likely N-dealkylation sites (tertiary alicyclic amines) is 1. The molecule has 0 aliphatic carbocycles. The van der Waals surface area contributed by atoms with Gasteiger partial charge in [-0.1, -0.05) is 0 Å². The van der Waals surface area contributed by atoms with E-state index < -0.39 is 0 Å². The molecule has 2 saturated heterocycles. The molecule has 138 valence electrons. The molecular weight excluding hydrogens is 318 g/mol. The van der Waals surface area contributed by atoms with Crippen LogP contribution in [0.4, 0.5) is 10.5 Å². The van der Waals surface area contributed by atoms with Gasteiger partial charge in [0.2, 0.25) is 0 Å². The van der Waals surface area contributed by atoms with Crippen molar-refractivity contribution in [1.29, 1.82) is 0 Å². The van der Waals surface area contributed by atoms with E-state index in [0.717, 1.165) is 58.5 Å². The second-order valence-corrected chi connectivity index (χ2v) is 7.12. The Morgan fingerprint density at radius 3 is 2.80 bits per heavy atom. The summed E-state index contributed by atoms with van der Waals surface area (Å²) in [6.45, 7) is 6.25. The number of carbonyl (C=O) groups excluding carboxylic acids is 1. The van der Waals surface area contributed by atoms with Gasteiger partial charge in [-0.15, -0.1) is 0 Å². The number of anilines is 1. The van der Waals surface area contributed by atoms with E-state index in [1.807, 2.05) is 4.90 Å². The first-order chi connectivity index (χ1) is 12.1. The highest BCUT2D eigenvalue weighted by atomic mass is 16.2. The Kier molecular flexibility index (Phi) is 6.09. The van der Waals surface area contributed by atoms with Gasteiger partial charge in [0.1, 0.15) is 5.69 Å². The molecule has 2 amide bonds. The second kappa shape index (κ2) is 8.49. The molecule has 0 radical (unpaired) electrons. The quantitative estimate of drug-likeness (QED) is 0.864. The topological polar surface area (TPSA) is 71.7 Å². The number of amides is 2. The monoisotopic (exact) mass is 347 g/mol. The molecule has 2 aliphatic heterocycles. The van der Waals surface area contributed by atoms with E-state index in [0.29, 0.717) is 5.69 Å². The molecule has 25 heavy (non-hydrogen) atoms. The number of hydrogen-bond acceptors (Lipinski definition) is 4. The largest absolute Gasteiger partial charge is 0.327 e. The predicted octanol–water partition coefficient (Wildman–Crippen LogP) is 1.40. The fraction of sp³-hybridized carbons (Fsp3) is 0.667.